The van der Waals surface area contributed by atoms with Crippen molar-refractivity contribution >= 4 is 27.5 Å². The molecule has 0 aliphatic heterocycles. The van der Waals surface area contributed by atoms with Crippen molar-refractivity contribution in [2.24, 2.45) is 12.5 Å². The summed E-state index contributed by atoms with van der Waals surface area (Å²) in [6.45, 7) is 8.13. The van der Waals surface area contributed by atoms with Crippen LogP contribution in [0.5, 0.6) is 0 Å². The number of nitrogens with one attached hydrogen (secondary N) is 1. The van der Waals surface area contributed by atoms with Gasteiger partial charge in [0.15, 0.2) is 0 Å². The maximum Gasteiger partial charge on any atom is 0.0767 e. The summed E-state index contributed by atoms with van der Waals surface area (Å²) in [5.41, 5.74) is 2.42. The molecule has 0 fully saturated rings. The van der Waals surface area contributed by atoms with E-state index in [1.807, 2.05) is 11.7 Å². The molecule has 5 heteroatoms. The number of aryl methyl sites for hydroxylation is 2. The Morgan fingerprint density at radius 1 is 1.47 bits per heavy atom. The van der Waals surface area contributed by atoms with Crippen molar-refractivity contribution in [2.45, 2.75) is 33.7 Å². The Morgan fingerprint density at radius 3 is 2.59 bits per heavy atom. The van der Waals surface area contributed by atoms with E-state index in [1.165, 1.54) is 5.69 Å². The van der Waals surface area contributed by atoms with E-state index in [4.69, 9.17) is 11.6 Å². The molecule has 17 heavy (non-hydrogen) atoms. The van der Waals surface area contributed by atoms with E-state index in [2.05, 4.69) is 47.1 Å². The Bertz CT molecular complexity index is 374. The summed E-state index contributed by atoms with van der Waals surface area (Å²) in [7, 11) is 1.98. The lowest BCUT2D eigenvalue weighted by Crippen LogP contribution is -2.31. The SMILES string of the molecule is CCc1nn(C)c(CNCC(C)(C)CCl)c1Br. The second-order valence-corrected chi connectivity index (χ2v) is 6.15. The fourth-order valence-corrected chi connectivity index (χ4v) is 2.43. The molecule has 0 aliphatic carbocycles. The van der Waals surface area contributed by atoms with Crippen LogP contribution < -0.4 is 5.32 Å². The Balaban J connectivity index is 2.61. The van der Waals surface area contributed by atoms with Gasteiger partial charge in [0.2, 0.25) is 0 Å². The van der Waals surface area contributed by atoms with Crippen molar-refractivity contribution in [1.29, 1.82) is 0 Å². The Kier molecular flexibility index (Phi) is 5.48. The predicted octanol–water partition coefficient (Wildman–Crippen LogP) is 3.10. The third-order valence-electron chi connectivity index (χ3n) is 2.76. The van der Waals surface area contributed by atoms with E-state index in [-0.39, 0.29) is 5.41 Å². The number of nitrogens with zero attached hydrogens (tertiary/aromatic N) is 2. The lowest BCUT2D eigenvalue weighted by atomic mass is 9.96. The molecule has 1 heterocycles. The van der Waals surface area contributed by atoms with Gasteiger partial charge in [-0.25, -0.2) is 0 Å². The number of hydrogen-bond donors (Lipinski definition) is 1. The highest BCUT2D eigenvalue weighted by Gasteiger charge is 2.17. The van der Waals surface area contributed by atoms with Crippen molar-refractivity contribution in [2.75, 3.05) is 12.4 Å². The second-order valence-electron chi connectivity index (χ2n) is 5.09. The third kappa shape index (κ3) is 3.97. The zero-order valence-corrected chi connectivity index (χ0v) is 13.3. The predicted molar refractivity (Wildman–Crippen MR) is 76.5 cm³/mol. The standard InChI is InChI=1S/C12H21BrClN3/c1-5-9-11(13)10(17(4)16-9)6-15-8-12(2,3)7-14/h15H,5-8H2,1-4H3. The van der Waals surface area contributed by atoms with Crippen LogP contribution in [0.1, 0.15) is 32.2 Å². The molecule has 0 spiro atoms. The molecule has 0 saturated carbocycles. The summed E-state index contributed by atoms with van der Waals surface area (Å²) < 4.78 is 3.06. The molecular formula is C12H21BrClN3. The van der Waals surface area contributed by atoms with Gasteiger partial charge in [0.25, 0.3) is 0 Å². The maximum absolute atomic E-state index is 5.90. The van der Waals surface area contributed by atoms with Crippen LogP contribution in [0.15, 0.2) is 4.47 Å². The van der Waals surface area contributed by atoms with Crippen LogP contribution >= 0.6 is 27.5 Å². The van der Waals surface area contributed by atoms with Crippen LogP contribution in [0.25, 0.3) is 0 Å². The van der Waals surface area contributed by atoms with Gasteiger partial charge in [0, 0.05) is 26.0 Å². The van der Waals surface area contributed by atoms with Gasteiger partial charge in [-0.2, -0.15) is 5.10 Å². The molecule has 0 bridgehead atoms. The minimum absolute atomic E-state index is 0.125. The van der Waals surface area contributed by atoms with E-state index in [0.717, 1.165) is 29.7 Å². The molecule has 1 N–H and O–H groups in total. The molecule has 0 unspecified atom stereocenters. The van der Waals surface area contributed by atoms with E-state index in [1.54, 1.807) is 0 Å². The highest BCUT2D eigenvalue weighted by atomic mass is 79.9. The Hall–Kier alpha value is -0.0600. The molecule has 0 radical (unpaired) electrons. The molecule has 0 aliphatic rings. The summed E-state index contributed by atoms with van der Waals surface area (Å²) in [6.07, 6.45) is 0.946. The lowest BCUT2D eigenvalue weighted by molar-refractivity contribution is 0.382. The molecule has 3 nitrogen and oxygen atoms in total. The van der Waals surface area contributed by atoms with Crippen molar-refractivity contribution < 1.29 is 0 Å². The highest BCUT2D eigenvalue weighted by Crippen LogP contribution is 2.22. The molecule has 1 aromatic rings. The van der Waals surface area contributed by atoms with Gasteiger partial charge in [0.05, 0.1) is 15.9 Å². The maximum atomic E-state index is 5.90. The average Bonchev–Trinajstić information content (AvgIpc) is 2.56. The van der Waals surface area contributed by atoms with Crippen LogP contribution in [0.3, 0.4) is 0 Å². The Labute approximate surface area is 117 Å². The van der Waals surface area contributed by atoms with Gasteiger partial charge in [-0.05, 0) is 27.8 Å². The number of rotatable bonds is 6. The van der Waals surface area contributed by atoms with Crippen molar-refractivity contribution in [3.05, 3.63) is 15.9 Å². The smallest absolute Gasteiger partial charge is 0.0767 e. The molecule has 1 rings (SSSR count). The first-order valence-electron chi connectivity index (χ1n) is 5.88. The zero-order chi connectivity index (χ0) is 13.1. The average molecular weight is 323 g/mol. The van der Waals surface area contributed by atoms with Gasteiger partial charge in [-0.15, -0.1) is 11.6 Å². The van der Waals surface area contributed by atoms with Crippen molar-refractivity contribution in [3.8, 4) is 0 Å². The summed E-state index contributed by atoms with van der Waals surface area (Å²) >= 11 is 9.51. The van der Waals surface area contributed by atoms with E-state index in [9.17, 15) is 0 Å². The number of hydrogen-bond acceptors (Lipinski definition) is 2. The fourth-order valence-electron chi connectivity index (χ4n) is 1.58. The minimum Gasteiger partial charge on any atom is -0.311 e. The molecule has 1 aromatic heterocycles. The quantitative estimate of drug-likeness (QED) is 0.816. The highest BCUT2D eigenvalue weighted by molar-refractivity contribution is 9.10. The van der Waals surface area contributed by atoms with Crippen LogP contribution in [0, 0.1) is 5.41 Å². The topological polar surface area (TPSA) is 29.9 Å². The summed E-state index contributed by atoms with van der Waals surface area (Å²) in [5.74, 6) is 0.659. The largest absolute Gasteiger partial charge is 0.311 e. The van der Waals surface area contributed by atoms with Crippen LogP contribution in [0.2, 0.25) is 0 Å². The normalized spacial score (nSPS) is 12.1. The van der Waals surface area contributed by atoms with Gasteiger partial charge in [0.1, 0.15) is 0 Å². The molecule has 98 valence electrons. The van der Waals surface area contributed by atoms with Gasteiger partial charge >= 0.3 is 0 Å². The molecule has 0 saturated heterocycles. The Morgan fingerprint density at radius 2 is 2.12 bits per heavy atom. The summed E-state index contributed by atoms with van der Waals surface area (Å²) in [6, 6.07) is 0. The van der Waals surface area contributed by atoms with Gasteiger partial charge in [-0.1, -0.05) is 20.8 Å². The van der Waals surface area contributed by atoms with Crippen LogP contribution in [-0.4, -0.2) is 22.2 Å². The van der Waals surface area contributed by atoms with E-state index < -0.39 is 0 Å². The van der Waals surface area contributed by atoms with Gasteiger partial charge in [-0.3, -0.25) is 4.68 Å². The van der Waals surface area contributed by atoms with E-state index in [0.29, 0.717) is 5.88 Å². The summed E-state index contributed by atoms with van der Waals surface area (Å²) in [4.78, 5) is 0. The molecule has 0 aromatic carbocycles. The zero-order valence-electron chi connectivity index (χ0n) is 11.0. The summed E-state index contributed by atoms with van der Waals surface area (Å²) in [5, 5.41) is 7.90. The first-order chi connectivity index (χ1) is 7.91. The molecule has 0 atom stereocenters. The second kappa shape index (κ2) is 6.21. The number of alkyl halides is 1. The van der Waals surface area contributed by atoms with Crippen molar-refractivity contribution in [3.63, 3.8) is 0 Å². The first-order valence-corrected chi connectivity index (χ1v) is 7.21. The third-order valence-corrected chi connectivity index (χ3v) is 4.40. The van der Waals surface area contributed by atoms with E-state index >= 15 is 0 Å². The molecular weight excluding hydrogens is 302 g/mol. The first kappa shape index (κ1) is 15.0. The number of halogens is 2. The monoisotopic (exact) mass is 321 g/mol. The van der Waals surface area contributed by atoms with Crippen LogP contribution in [0.4, 0.5) is 0 Å². The number of aromatic nitrogens is 2. The molecule has 0 amide bonds. The van der Waals surface area contributed by atoms with Crippen molar-refractivity contribution in [1.82, 2.24) is 15.1 Å². The van der Waals surface area contributed by atoms with Gasteiger partial charge < -0.3 is 5.32 Å². The van der Waals surface area contributed by atoms with Crippen LogP contribution in [-0.2, 0) is 20.0 Å². The lowest BCUT2D eigenvalue weighted by Gasteiger charge is -2.21. The minimum atomic E-state index is 0.125. The fraction of sp³-hybridized carbons (Fsp3) is 0.750.